The molecule has 2 aromatic rings. The van der Waals surface area contributed by atoms with Crippen molar-refractivity contribution >= 4 is 11.9 Å². The highest BCUT2D eigenvalue weighted by Crippen LogP contribution is 2.38. The van der Waals surface area contributed by atoms with Gasteiger partial charge in [-0.25, -0.2) is 0 Å². The third kappa shape index (κ3) is 18.0. The van der Waals surface area contributed by atoms with E-state index in [2.05, 4.69) is 36.2 Å². The number of hydrogen-bond acceptors (Lipinski definition) is 6. The fourth-order valence-electron chi connectivity index (χ4n) is 6.84. The van der Waals surface area contributed by atoms with Crippen LogP contribution >= 0.6 is 0 Å². The fourth-order valence-corrected chi connectivity index (χ4v) is 6.84. The van der Waals surface area contributed by atoms with Crippen molar-refractivity contribution in [1.29, 1.82) is 0 Å². The van der Waals surface area contributed by atoms with E-state index in [1.54, 1.807) is 0 Å². The number of carbonyl (C=O) groups is 2. The maximum atomic E-state index is 12.4. The van der Waals surface area contributed by atoms with Crippen molar-refractivity contribution in [3.63, 3.8) is 0 Å². The second-order valence-corrected chi connectivity index (χ2v) is 14.5. The largest absolute Gasteiger partial charge is 0.481 e. The molecule has 1 aliphatic heterocycles. The van der Waals surface area contributed by atoms with Crippen molar-refractivity contribution in [2.45, 2.75) is 167 Å². The quantitative estimate of drug-likeness (QED) is 0.0756. The summed E-state index contributed by atoms with van der Waals surface area (Å²) in [6.07, 6.45) is 19.5. The molecule has 8 nitrogen and oxygen atoms in total. The molecule has 3 unspecified atom stereocenters. The molecule has 0 bridgehead atoms. The predicted octanol–water partition coefficient (Wildman–Crippen LogP) is 9.79. The molecule has 3 atom stereocenters. The van der Waals surface area contributed by atoms with Crippen LogP contribution in [0.15, 0.2) is 48.5 Å². The second-order valence-electron chi connectivity index (χ2n) is 14.5. The highest BCUT2D eigenvalue weighted by molar-refractivity contribution is 5.75. The summed E-state index contributed by atoms with van der Waals surface area (Å²) in [5.41, 5.74) is 3.97. The smallest absolute Gasteiger partial charge is 0.303 e. The first-order valence-electron chi connectivity index (χ1n) is 20.2. The Balaban J connectivity index is 1.62. The lowest BCUT2D eigenvalue weighted by Gasteiger charge is -2.38. The zero-order chi connectivity index (χ0) is 36.5. The normalized spacial score (nSPS) is 17.5. The molecular weight excluding hydrogens is 640 g/mol. The second kappa shape index (κ2) is 26.1. The van der Waals surface area contributed by atoms with E-state index in [0.29, 0.717) is 19.4 Å². The molecule has 1 heterocycles. The van der Waals surface area contributed by atoms with E-state index >= 15 is 0 Å². The Hall–Kier alpha value is -2.78. The third-order valence-electron chi connectivity index (χ3n) is 10.0. The van der Waals surface area contributed by atoms with Crippen LogP contribution in [0.2, 0.25) is 0 Å². The average molecular weight is 709 g/mol. The van der Waals surface area contributed by atoms with Crippen LogP contribution in [0.5, 0.6) is 0 Å². The van der Waals surface area contributed by atoms with Crippen LogP contribution in [0.4, 0.5) is 0 Å². The van der Waals surface area contributed by atoms with Gasteiger partial charge in [0.25, 0.3) is 0 Å². The van der Waals surface area contributed by atoms with Crippen LogP contribution in [0.3, 0.4) is 0 Å². The Kier molecular flexibility index (Phi) is 21.8. The van der Waals surface area contributed by atoms with Gasteiger partial charge in [0.2, 0.25) is 5.91 Å². The number of ether oxygens (including phenoxy) is 2. The van der Waals surface area contributed by atoms with Crippen LogP contribution in [-0.2, 0) is 32.2 Å². The molecule has 1 saturated heterocycles. The van der Waals surface area contributed by atoms with Crippen molar-refractivity contribution in [2.75, 3.05) is 19.6 Å². The van der Waals surface area contributed by atoms with Gasteiger partial charge in [-0.1, -0.05) is 139 Å². The Morgan fingerprint density at radius 2 is 1.22 bits per heavy atom. The Morgan fingerprint density at radius 3 is 1.80 bits per heavy atom. The van der Waals surface area contributed by atoms with E-state index in [0.717, 1.165) is 67.6 Å². The van der Waals surface area contributed by atoms with Gasteiger partial charge in [-0.3, -0.25) is 9.59 Å². The van der Waals surface area contributed by atoms with E-state index < -0.39 is 12.3 Å². The van der Waals surface area contributed by atoms with Crippen molar-refractivity contribution in [2.24, 2.45) is 0 Å². The first kappa shape index (κ1) is 42.6. The molecule has 3 N–H and O–H groups in total. The molecule has 0 radical (unpaired) electrons. The van der Waals surface area contributed by atoms with Crippen molar-refractivity contribution in [1.82, 2.24) is 10.2 Å². The lowest BCUT2D eigenvalue weighted by atomic mass is 9.99. The number of aliphatic hydroxyl groups excluding tert-OH is 1. The standard InChI is InChI=1S/C43H68N2O6/c1-3-5-7-9-13-17-29-45(30-18-14-10-8-6-4-2)33-39-31-40(37-25-23-36(34-46)24-26-37)51-43(50-39)38-27-21-35(22-28-38)32-44-41(47)19-15-11-12-16-20-42(48)49/h21-28,39-40,43,46H,3-20,29-34H2,1-2H3,(H,44,47)(H,48,49). The molecule has 1 fully saturated rings. The summed E-state index contributed by atoms with van der Waals surface area (Å²) < 4.78 is 13.4. The number of aliphatic hydroxyl groups is 1. The van der Waals surface area contributed by atoms with Crippen LogP contribution in [0, 0.1) is 0 Å². The lowest BCUT2D eigenvalue weighted by Crippen LogP contribution is -2.40. The minimum Gasteiger partial charge on any atom is -0.481 e. The number of carboxylic acid groups (broad SMARTS) is 1. The SMILES string of the molecule is CCCCCCCCN(CCCCCCCC)CC1CC(c2ccc(CO)cc2)OC(c2ccc(CNC(=O)CCCCCCC(=O)O)cc2)O1. The molecule has 0 spiro atoms. The monoisotopic (exact) mass is 709 g/mol. The van der Waals surface area contributed by atoms with Gasteiger partial charge in [0, 0.05) is 37.9 Å². The molecule has 1 amide bonds. The highest BCUT2D eigenvalue weighted by atomic mass is 16.7. The first-order valence-corrected chi connectivity index (χ1v) is 20.2. The summed E-state index contributed by atoms with van der Waals surface area (Å²) in [6.45, 7) is 8.12. The zero-order valence-corrected chi connectivity index (χ0v) is 31.8. The molecule has 0 saturated carbocycles. The van der Waals surface area contributed by atoms with Crippen LogP contribution in [0.25, 0.3) is 0 Å². The Bertz CT molecular complexity index is 1190. The van der Waals surface area contributed by atoms with E-state index in [1.165, 1.54) is 77.0 Å². The molecule has 51 heavy (non-hydrogen) atoms. The number of nitrogens with one attached hydrogen (secondary N) is 1. The van der Waals surface area contributed by atoms with Crippen molar-refractivity contribution < 1.29 is 29.3 Å². The number of rotatable bonds is 28. The molecule has 3 rings (SSSR count). The minimum absolute atomic E-state index is 0.0145. The summed E-state index contributed by atoms with van der Waals surface area (Å²) in [4.78, 5) is 25.7. The zero-order valence-electron chi connectivity index (χ0n) is 31.8. The van der Waals surface area contributed by atoms with Gasteiger partial charge in [-0.2, -0.15) is 0 Å². The number of aliphatic carboxylic acids is 1. The summed E-state index contributed by atoms with van der Waals surface area (Å²) in [6, 6.07) is 16.3. The van der Waals surface area contributed by atoms with E-state index in [-0.39, 0.29) is 31.1 Å². The number of nitrogens with zero attached hydrogens (tertiary/aromatic N) is 1. The predicted molar refractivity (Wildman–Crippen MR) is 205 cm³/mol. The first-order chi connectivity index (χ1) is 24.9. The van der Waals surface area contributed by atoms with Gasteiger partial charge in [-0.05, 0) is 55.5 Å². The summed E-state index contributed by atoms with van der Waals surface area (Å²) in [7, 11) is 0. The minimum atomic E-state index is -0.766. The molecule has 8 heteroatoms. The molecule has 1 aliphatic rings. The van der Waals surface area contributed by atoms with Crippen molar-refractivity contribution in [3.05, 3.63) is 70.8 Å². The lowest BCUT2D eigenvalue weighted by molar-refractivity contribution is -0.253. The maximum absolute atomic E-state index is 12.4. The number of unbranched alkanes of at least 4 members (excludes halogenated alkanes) is 13. The maximum Gasteiger partial charge on any atom is 0.303 e. The summed E-state index contributed by atoms with van der Waals surface area (Å²) in [5, 5.41) is 21.4. The molecule has 0 aliphatic carbocycles. The van der Waals surface area contributed by atoms with E-state index in [9.17, 15) is 14.7 Å². The number of benzene rings is 2. The molecule has 286 valence electrons. The van der Waals surface area contributed by atoms with Gasteiger partial charge in [0.15, 0.2) is 6.29 Å². The van der Waals surface area contributed by atoms with Gasteiger partial charge >= 0.3 is 5.97 Å². The third-order valence-corrected chi connectivity index (χ3v) is 10.0. The van der Waals surface area contributed by atoms with Gasteiger partial charge < -0.3 is 29.9 Å². The fraction of sp³-hybridized carbons (Fsp3) is 0.674. The topological polar surface area (TPSA) is 108 Å². The molecular formula is C43H68N2O6. The average Bonchev–Trinajstić information content (AvgIpc) is 3.14. The highest BCUT2D eigenvalue weighted by Gasteiger charge is 2.33. The number of amides is 1. The Labute approximate surface area is 308 Å². The summed E-state index contributed by atoms with van der Waals surface area (Å²) >= 11 is 0. The van der Waals surface area contributed by atoms with Crippen molar-refractivity contribution in [3.8, 4) is 0 Å². The van der Waals surface area contributed by atoms with Gasteiger partial charge in [0.05, 0.1) is 18.8 Å². The number of hydrogen-bond donors (Lipinski definition) is 3. The van der Waals surface area contributed by atoms with E-state index in [4.69, 9.17) is 14.6 Å². The number of carbonyl (C=O) groups excluding carboxylic acids is 1. The van der Waals surface area contributed by atoms with Crippen LogP contribution in [0.1, 0.15) is 170 Å². The summed E-state index contributed by atoms with van der Waals surface area (Å²) in [5.74, 6) is -0.751. The molecule has 2 aromatic carbocycles. The Morgan fingerprint density at radius 1 is 0.686 bits per heavy atom. The van der Waals surface area contributed by atoms with Crippen LogP contribution < -0.4 is 5.32 Å². The van der Waals surface area contributed by atoms with E-state index in [1.807, 2.05) is 36.4 Å². The number of carboxylic acids is 1. The molecule has 0 aromatic heterocycles. The van der Waals surface area contributed by atoms with Gasteiger partial charge in [-0.15, -0.1) is 0 Å². The van der Waals surface area contributed by atoms with Gasteiger partial charge in [0.1, 0.15) is 0 Å². The van der Waals surface area contributed by atoms with Crippen LogP contribution in [-0.4, -0.2) is 52.7 Å².